The molecule has 17 heavy (non-hydrogen) atoms. The van der Waals surface area contributed by atoms with E-state index in [9.17, 15) is 9.18 Å². The predicted molar refractivity (Wildman–Crippen MR) is 68.5 cm³/mol. The molecule has 5 heteroatoms. The van der Waals surface area contributed by atoms with Gasteiger partial charge in [0, 0.05) is 10.5 Å². The van der Waals surface area contributed by atoms with Crippen LogP contribution in [-0.4, -0.2) is 12.1 Å². The maximum absolute atomic E-state index is 13.4. The lowest BCUT2D eigenvalue weighted by molar-refractivity contribution is 0.248. The van der Waals surface area contributed by atoms with E-state index in [1.165, 1.54) is 6.07 Å². The fourth-order valence-electron chi connectivity index (χ4n) is 2.01. The highest BCUT2D eigenvalue weighted by atomic mass is 79.9. The quantitative estimate of drug-likeness (QED) is 0.860. The smallest absolute Gasteiger partial charge is 0.319 e. The van der Waals surface area contributed by atoms with Crippen LogP contribution in [0.3, 0.4) is 0 Å². The first-order valence-electron chi connectivity index (χ1n) is 5.68. The molecule has 0 aromatic heterocycles. The third kappa shape index (κ3) is 3.43. The Morgan fingerprint density at radius 3 is 2.76 bits per heavy atom. The highest BCUT2D eigenvalue weighted by molar-refractivity contribution is 9.10. The Labute approximate surface area is 108 Å². The molecular formula is C12H14BrFN2O. The van der Waals surface area contributed by atoms with Crippen LogP contribution in [0.1, 0.15) is 25.7 Å². The van der Waals surface area contributed by atoms with Crippen LogP contribution in [0.2, 0.25) is 0 Å². The number of anilines is 1. The van der Waals surface area contributed by atoms with Crippen LogP contribution in [0.4, 0.5) is 14.9 Å². The topological polar surface area (TPSA) is 41.1 Å². The number of carbonyl (C=O) groups excluding carboxylic acids is 1. The molecule has 2 N–H and O–H groups in total. The van der Waals surface area contributed by atoms with Crippen molar-refractivity contribution >= 4 is 27.6 Å². The number of benzene rings is 1. The van der Waals surface area contributed by atoms with Gasteiger partial charge in [0.2, 0.25) is 0 Å². The Balaban J connectivity index is 1.95. The van der Waals surface area contributed by atoms with Gasteiger partial charge < -0.3 is 10.6 Å². The second-order valence-electron chi connectivity index (χ2n) is 4.20. The predicted octanol–water partition coefficient (Wildman–Crippen LogP) is 3.65. The summed E-state index contributed by atoms with van der Waals surface area (Å²) >= 11 is 3.24. The molecule has 3 nitrogen and oxygen atoms in total. The van der Waals surface area contributed by atoms with E-state index in [0.717, 1.165) is 30.2 Å². The van der Waals surface area contributed by atoms with Gasteiger partial charge in [-0.1, -0.05) is 28.8 Å². The van der Waals surface area contributed by atoms with Crippen molar-refractivity contribution in [1.82, 2.24) is 5.32 Å². The lowest BCUT2D eigenvalue weighted by Crippen LogP contribution is -2.36. The second-order valence-corrected chi connectivity index (χ2v) is 5.12. The van der Waals surface area contributed by atoms with Gasteiger partial charge in [0.15, 0.2) is 0 Å². The zero-order valence-corrected chi connectivity index (χ0v) is 10.9. The van der Waals surface area contributed by atoms with Gasteiger partial charge in [-0.15, -0.1) is 0 Å². The molecule has 0 spiro atoms. The first-order valence-corrected chi connectivity index (χ1v) is 6.47. The van der Waals surface area contributed by atoms with E-state index in [1.54, 1.807) is 12.1 Å². The number of halogens is 2. The number of hydrogen-bond acceptors (Lipinski definition) is 1. The molecule has 1 aromatic rings. The standard InChI is InChI=1S/C12H14BrFN2O/c13-8-5-6-10(14)11(7-8)16-12(17)15-9-3-1-2-4-9/h5-7,9H,1-4H2,(H2,15,16,17). The van der Waals surface area contributed by atoms with E-state index in [-0.39, 0.29) is 17.8 Å². The highest BCUT2D eigenvalue weighted by Crippen LogP contribution is 2.21. The monoisotopic (exact) mass is 300 g/mol. The zero-order valence-electron chi connectivity index (χ0n) is 9.30. The molecule has 0 aliphatic heterocycles. The van der Waals surface area contributed by atoms with Crippen molar-refractivity contribution in [2.24, 2.45) is 0 Å². The van der Waals surface area contributed by atoms with E-state index in [4.69, 9.17) is 0 Å². The Morgan fingerprint density at radius 2 is 2.06 bits per heavy atom. The molecule has 1 saturated carbocycles. The van der Waals surface area contributed by atoms with Crippen LogP contribution in [0.5, 0.6) is 0 Å². The Kier molecular flexibility index (Phi) is 3.99. The van der Waals surface area contributed by atoms with Crippen molar-refractivity contribution in [2.75, 3.05) is 5.32 Å². The minimum absolute atomic E-state index is 0.190. The van der Waals surface area contributed by atoms with Gasteiger partial charge in [0.25, 0.3) is 0 Å². The molecule has 1 fully saturated rings. The molecular weight excluding hydrogens is 287 g/mol. The van der Waals surface area contributed by atoms with Crippen molar-refractivity contribution in [3.63, 3.8) is 0 Å². The molecule has 0 bridgehead atoms. The lowest BCUT2D eigenvalue weighted by atomic mass is 10.2. The number of carbonyl (C=O) groups is 1. The van der Waals surface area contributed by atoms with Gasteiger partial charge in [-0.05, 0) is 31.0 Å². The largest absolute Gasteiger partial charge is 0.335 e. The van der Waals surface area contributed by atoms with Crippen molar-refractivity contribution in [3.05, 3.63) is 28.5 Å². The molecule has 0 unspecified atom stereocenters. The Hall–Kier alpha value is -1.10. The summed E-state index contributed by atoms with van der Waals surface area (Å²) in [5, 5.41) is 5.36. The summed E-state index contributed by atoms with van der Waals surface area (Å²) in [5.41, 5.74) is 0.190. The normalized spacial score (nSPS) is 15.9. The minimum Gasteiger partial charge on any atom is -0.335 e. The molecule has 2 rings (SSSR count). The highest BCUT2D eigenvalue weighted by Gasteiger charge is 2.17. The molecule has 0 radical (unpaired) electrons. The van der Waals surface area contributed by atoms with Crippen molar-refractivity contribution < 1.29 is 9.18 Å². The third-order valence-corrected chi connectivity index (χ3v) is 3.36. The molecule has 0 saturated heterocycles. The van der Waals surface area contributed by atoms with Crippen molar-refractivity contribution in [2.45, 2.75) is 31.7 Å². The Morgan fingerprint density at radius 1 is 1.35 bits per heavy atom. The Bertz CT molecular complexity index is 419. The number of urea groups is 1. The summed E-state index contributed by atoms with van der Waals surface area (Å²) in [6, 6.07) is 4.34. The second kappa shape index (κ2) is 5.49. The molecule has 2 amide bonds. The summed E-state index contributed by atoms with van der Waals surface area (Å²) in [4.78, 5) is 11.6. The van der Waals surface area contributed by atoms with Crippen molar-refractivity contribution in [1.29, 1.82) is 0 Å². The number of nitrogens with one attached hydrogen (secondary N) is 2. The molecule has 0 atom stereocenters. The van der Waals surface area contributed by atoms with Crippen LogP contribution in [0, 0.1) is 5.82 Å². The number of hydrogen-bond donors (Lipinski definition) is 2. The average molecular weight is 301 g/mol. The van der Waals surface area contributed by atoms with Crippen LogP contribution in [-0.2, 0) is 0 Å². The minimum atomic E-state index is -0.435. The fourth-order valence-corrected chi connectivity index (χ4v) is 2.37. The molecule has 1 aliphatic carbocycles. The van der Waals surface area contributed by atoms with E-state index in [0.29, 0.717) is 0 Å². The SMILES string of the molecule is O=C(Nc1cc(Br)ccc1F)NC1CCCC1. The van der Waals surface area contributed by atoms with Crippen LogP contribution < -0.4 is 10.6 Å². The summed E-state index contributed by atoms with van der Waals surface area (Å²) in [6.45, 7) is 0. The first-order chi connectivity index (χ1) is 8.15. The number of rotatable bonds is 2. The maximum atomic E-state index is 13.4. The van der Waals surface area contributed by atoms with Gasteiger partial charge in [-0.2, -0.15) is 0 Å². The number of amides is 2. The van der Waals surface area contributed by atoms with Gasteiger partial charge in [0.05, 0.1) is 5.69 Å². The molecule has 0 heterocycles. The average Bonchev–Trinajstić information content (AvgIpc) is 2.76. The van der Waals surface area contributed by atoms with Gasteiger partial charge >= 0.3 is 6.03 Å². The van der Waals surface area contributed by atoms with E-state index < -0.39 is 5.82 Å². The first kappa shape index (κ1) is 12.4. The van der Waals surface area contributed by atoms with Crippen LogP contribution in [0.15, 0.2) is 22.7 Å². The molecule has 92 valence electrons. The summed E-state index contributed by atoms with van der Waals surface area (Å²) in [6.07, 6.45) is 4.31. The van der Waals surface area contributed by atoms with Crippen LogP contribution >= 0.6 is 15.9 Å². The third-order valence-electron chi connectivity index (χ3n) is 2.87. The van der Waals surface area contributed by atoms with Gasteiger partial charge in [-0.3, -0.25) is 0 Å². The van der Waals surface area contributed by atoms with Gasteiger partial charge in [-0.25, -0.2) is 9.18 Å². The molecule has 1 aromatic carbocycles. The van der Waals surface area contributed by atoms with Crippen molar-refractivity contribution in [3.8, 4) is 0 Å². The van der Waals surface area contributed by atoms with Gasteiger partial charge in [0.1, 0.15) is 5.82 Å². The van der Waals surface area contributed by atoms with E-state index in [1.807, 2.05) is 0 Å². The fraction of sp³-hybridized carbons (Fsp3) is 0.417. The summed E-state index contributed by atoms with van der Waals surface area (Å²) in [5.74, 6) is -0.435. The summed E-state index contributed by atoms with van der Waals surface area (Å²) in [7, 11) is 0. The maximum Gasteiger partial charge on any atom is 0.319 e. The van der Waals surface area contributed by atoms with E-state index >= 15 is 0 Å². The summed E-state index contributed by atoms with van der Waals surface area (Å²) < 4.78 is 14.1. The van der Waals surface area contributed by atoms with E-state index in [2.05, 4.69) is 26.6 Å². The van der Waals surface area contributed by atoms with Crippen LogP contribution in [0.25, 0.3) is 0 Å². The lowest BCUT2D eigenvalue weighted by Gasteiger charge is -2.13. The zero-order chi connectivity index (χ0) is 12.3. The molecule has 1 aliphatic rings.